The average Bonchev–Trinajstić information content (AvgIpc) is 3.29. The highest BCUT2D eigenvalue weighted by atomic mass is 32.2. The highest BCUT2D eigenvalue weighted by molar-refractivity contribution is 7.98. The van der Waals surface area contributed by atoms with E-state index in [4.69, 9.17) is 0 Å². The molecule has 0 aliphatic rings. The van der Waals surface area contributed by atoms with Gasteiger partial charge in [0, 0.05) is 29.4 Å². The van der Waals surface area contributed by atoms with E-state index < -0.39 is 0 Å². The van der Waals surface area contributed by atoms with Crippen LogP contribution in [0.3, 0.4) is 0 Å². The molecule has 0 unspecified atom stereocenters. The molecule has 3 aromatic carbocycles. The Morgan fingerprint density at radius 3 is 2.09 bits per heavy atom. The van der Waals surface area contributed by atoms with Crippen LogP contribution in [-0.4, -0.2) is 19.7 Å². The molecule has 6 heteroatoms. The summed E-state index contributed by atoms with van der Waals surface area (Å²) in [5.74, 6) is 1.16. The SMILES string of the molecule is Fc1ccc(-n2c(SCc3ccc(-c4ccccc4)cc3)nnc2-c2ccncc2)cc1. The number of pyridine rings is 1. The molecule has 32 heavy (non-hydrogen) atoms. The van der Waals surface area contributed by atoms with E-state index in [-0.39, 0.29) is 5.82 Å². The van der Waals surface area contributed by atoms with Crippen LogP contribution in [0.5, 0.6) is 0 Å². The molecule has 0 saturated heterocycles. The molecule has 0 aliphatic carbocycles. The zero-order valence-corrected chi connectivity index (χ0v) is 17.9. The number of benzene rings is 3. The van der Waals surface area contributed by atoms with E-state index in [2.05, 4.69) is 51.6 Å². The molecule has 0 atom stereocenters. The van der Waals surface area contributed by atoms with Crippen LogP contribution in [0.25, 0.3) is 28.2 Å². The summed E-state index contributed by atoms with van der Waals surface area (Å²) in [6.45, 7) is 0. The maximum atomic E-state index is 13.5. The molecule has 5 aromatic rings. The van der Waals surface area contributed by atoms with Crippen molar-refractivity contribution in [1.29, 1.82) is 0 Å². The van der Waals surface area contributed by atoms with Crippen molar-refractivity contribution < 1.29 is 4.39 Å². The van der Waals surface area contributed by atoms with Gasteiger partial charge in [-0.3, -0.25) is 9.55 Å². The molecule has 156 valence electrons. The van der Waals surface area contributed by atoms with Gasteiger partial charge in [-0.1, -0.05) is 66.4 Å². The highest BCUT2D eigenvalue weighted by Crippen LogP contribution is 2.30. The number of nitrogens with zero attached hydrogens (tertiary/aromatic N) is 4. The summed E-state index contributed by atoms with van der Waals surface area (Å²) >= 11 is 1.60. The van der Waals surface area contributed by atoms with Gasteiger partial charge in [0.25, 0.3) is 0 Å². The van der Waals surface area contributed by atoms with Crippen molar-refractivity contribution in [3.05, 3.63) is 115 Å². The van der Waals surface area contributed by atoms with Gasteiger partial charge in [-0.2, -0.15) is 0 Å². The van der Waals surface area contributed by atoms with Crippen molar-refractivity contribution in [2.24, 2.45) is 0 Å². The lowest BCUT2D eigenvalue weighted by molar-refractivity contribution is 0.627. The second-order valence-electron chi connectivity index (χ2n) is 7.21. The Bertz CT molecular complexity index is 1300. The zero-order valence-electron chi connectivity index (χ0n) is 17.1. The molecule has 0 amide bonds. The van der Waals surface area contributed by atoms with E-state index in [9.17, 15) is 4.39 Å². The maximum Gasteiger partial charge on any atom is 0.196 e. The van der Waals surface area contributed by atoms with Crippen LogP contribution in [0.15, 0.2) is 109 Å². The first kappa shape index (κ1) is 20.2. The monoisotopic (exact) mass is 438 g/mol. The quantitative estimate of drug-likeness (QED) is 0.287. The van der Waals surface area contributed by atoms with Crippen LogP contribution in [0.4, 0.5) is 4.39 Å². The van der Waals surface area contributed by atoms with Crippen molar-refractivity contribution in [3.63, 3.8) is 0 Å². The Labute approximate surface area is 189 Å². The van der Waals surface area contributed by atoms with Crippen molar-refractivity contribution in [3.8, 4) is 28.2 Å². The first-order chi connectivity index (χ1) is 15.8. The van der Waals surface area contributed by atoms with Gasteiger partial charge in [0.05, 0.1) is 0 Å². The van der Waals surface area contributed by atoms with E-state index in [1.165, 1.54) is 28.8 Å². The number of halogens is 1. The third-order valence-corrected chi connectivity index (χ3v) is 6.09. The van der Waals surface area contributed by atoms with Gasteiger partial charge < -0.3 is 0 Å². The lowest BCUT2D eigenvalue weighted by Gasteiger charge is -2.10. The molecule has 0 saturated carbocycles. The van der Waals surface area contributed by atoms with Gasteiger partial charge in [0.15, 0.2) is 11.0 Å². The third kappa shape index (κ3) is 4.31. The average molecular weight is 439 g/mol. The lowest BCUT2D eigenvalue weighted by atomic mass is 10.0. The Morgan fingerprint density at radius 2 is 1.38 bits per heavy atom. The summed E-state index contributed by atoms with van der Waals surface area (Å²) in [5, 5.41) is 9.60. The lowest BCUT2D eigenvalue weighted by Crippen LogP contribution is -2.00. The summed E-state index contributed by atoms with van der Waals surface area (Å²) in [7, 11) is 0. The number of hydrogen-bond donors (Lipinski definition) is 0. The fourth-order valence-corrected chi connectivity index (χ4v) is 4.35. The van der Waals surface area contributed by atoms with E-state index in [0.29, 0.717) is 5.82 Å². The van der Waals surface area contributed by atoms with Crippen LogP contribution in [0, 0.1) is 5.82 Å². The minimum absolute atomic E-state index is 0.278. The Morgan fingerprint density at radius 1 is 0.688 bits per heavy atom. The summed E-state index contributed by atoms with van der Waals surface area (Å²) in [5.41, 5.74) is 5.29. The Balaban J connectivity index is 1.42. The van der Waals surface area contributed by atoms with Crippen molar-refractivity contribution in [2.45, 2.75) is 10.9 Å². The largest absolute Gasteiger partial charge is 0.270 e. The number of rotatable bonds is 6. The van der Waals surface area contributed by atoms with Crippen molar-refractivity contribution in [2.75, 3.05) is 0 Å². The van der Waals surface area contributed by atoms with Crippen molar-refractivity contribution in [1.82, 2.24) is 19.7 Å². The molecule has 0 bridgehead atoms. The highest BCUT2D eigenvalue weighted by Gasteiger charge is 2.16. The van der Waals surface area contributed by atoms with Gasteiger partial charge in [-0.25, -0.2) is 4.39 Å². The molecule has 4 nitrogen and oxygen atoms in total. The van der Waals surface area contributed by atoms with E-state index in [1.54, 1.807) is 36.3 Å². The van der Waals surface area contributed by atoms with Crippen LogP contribution in [0.1, 0.15) is 5.56 Å². The number of aromatic nitrogens is 4. The Kier molecular flexibility index (Phi) is 5.77. The van der Waals surface area contributed by atoms with E-state index in [1.807, 2.05) is 34.9 Å². The van der Waals surface area contributed by atoms with Crippen LogP contribution in [0.2, 0.25) is 0 Å². The molecule has 0 radical (unpaired) electrons. The van der Waals surface area contributed by atoms with Gasteiger partial charge in [-0.15, -0.1) is 10.2 Å². The number of hydrogen-bond acceptors (Lipinski definition) is 4. The fourth-order valence-electron chi connectivity index (χ4n) is 3.45. The molecule has 0 N–H and O–H groups in total. The Hall–Kier alpha value is -3.77. The van der Waals surface area contributed by atoms with E-state index in [0.717, 1.165) is 22.2 Å². The van der Waals surface area contributed by atoms with Gasteiger partial charge in [0.2, 0.25) is 0 Å². The van der Waals surface area contributed by atoms with Crippen LogP contribution >= 0.6 is 11.8 Å². The molecular formula is C26H19FN4S. The molecular weight excluding hydrogens is 419 g/mol. The minimum atomic E-state index is -0.278. The summed E-state index contributed by atoms with van der Waals surface area (Å²) in [4.78, 5) is 4.08. The normalized spacial score (nSPS) is 10.9. The number of thioether (sulfide) groups is 1. The first-order valence-electron chi connectivity index (χ1n) is 10.2. The van der Waals surface area contributed by atoms with Gasteiger partial charge >= 0.3 is 0 Å². The molecule has 2 aromatic heterocycles. The van der Waals surface area contributed by atoms with Crippen LogP contribution in [-0.2, 0) is 5.75 Å². The fraction of sp³-hybridized carbons (Fsp3) is 0.0385. The van der Waals surface area contributed by atoms with Crippen molar-refractivity contribution >= 4 is 11.8 Å². The standard InChI is InChI=1S/C26H19FN4S/c27-23-10-12-24(13-11-23)31-25(22-14-16-28-17-15-22)29-30-26(31)32-18-19-6-8-21(9-7-19)20-4-2-1-3-5-20/h1-17H,18H2. The van der Waals surface area contributed by atoms with Crippen LogP contribution < -0.4 is 0 Å². The van der Waals surface area contributed by atoms with Gasteiger partial charge in [0.1, 0.15) is 5.82 Å². The van der Waals surface area contributed by atoms with E-state index >= 15 is 0 Å². The summed E-state index contributed by atoms with van der Waals surface area (Å²) in [6.07, 6.45) is 3.44. The second-order valence-corrected chi connectivity index (χ2v) is 8.15. The molecule has 2 heterocycles. The molecule has 0 fully saturated rings. The summed E-state index contributed by atoms with van der Waals surface area (Å²) < 4.78 is 15.5. The van der Waals surface area contributed by atoms with Gasteiger partial charge in [-0.05, 0) is 53.1 Å². The molecule has 5 rings (SSSR count). The predicted octanol–water partition coefficient (Wildman–Crippen LogP) is 6.43. The second kappa shape index (κ2) is 9.16. The molecule has 0 spiro atoms. The molecule has 0 aliphatic heterocycles. The zero-order chi connectivity index (χ0) is 21.8. The first-order valence-corrected chi connectivity index (χ1v) is 11.2. The summed E-state index contributed by atoms with van der Waals surface area (Å²) in [6, 6.07) is 29.0. The topological polar surface area (TPSA) is 43.6 Å². The predicted molar refractivity (Wildman–Crippen MR) is 126 cm³/mol. The smallest absolute Gasteiger partial charge is 0.196 e. The minimum Gasteiger partial charge on any atom is -0.270 e. The maximum absolute atomic E-state index is 13.5. The third-order valence-electron chi connectivity index (χ3n) is 5.09.